The Morgan fingerprint density at radius 3 is 2.22 bits per heavy atom. The van der Waals surface area contributed by atoms with Gasteiger partial charge in [-0.05, 0) is 48.4 Å². The van der Waals surface area contributed by atoms with E-state index in [0.29, 0.717) is 0 Å². The lowest BCUT2D eigenvalue weighted by molar-refractivity contribution is -0.139. The second kappa shape index (κ2) is 5.11. The van der Waals surface area contributed by atoms with Crippen LogP contribution in [-0.2, 0) is 4.79 Å². The van der Waals surface area contributed by atoms with Crippen LogP contribution in [-0.4, -0.2) is 11.1 Å². The monoisotopic (exact) mass is 249 g/mol. The first-order valence-electron chi connectivity index (χ1n) is 6.20. The molecular formula is C15H23NO2. The minimum Gasteiger partial charge on any atom is -0.481 e. The summed E-state index contributed by atoms with van der Waals surface area (Å²) in [6.45, 7) is 9.95. The molecule has 3 heteroatoms. The van der Waals surface area contributed by atoms with E-state index in [9.17, 15) is 4.79 Å². The molecular weight excluding hydrogens is 226 g/mol. The van der Waals surface area contributed by atoms with Crippen molar-refractivity contribution in [2.45, 2.75) is 47.1 Å². The maximum absolute atomic E-state index is 10.9. The van der Waals surface area contributed by atoms with Crippen molar-refractivity contribution in [3.05, 3.63) is 34.4 Å². The molecule has 1 unspecified atom stereocenters. The van der Waals surface area contributed by atoms with Crippen molar-refractivity contribution in [1.29, 1.82) is 0 Å². The predicted octanol–water partition coefficient (Wildman–Crippen LogP) is 3.11. The molecule has 0 saturated carbocycles. The quantitative estimate of drug-likeness (QED) is 0.861. The Morgan fingerprint density at radius 1 is 1.22 bits per heavy atom. The lowest BCUT2D eigenvalue weighted by Crippen LogP contribution is -2.32. The SMILES string of the molecule is Cc1cc(C)c(C(N)C(C)(C)CC(=O)O)cc1C. The average Bonchev–Trinajstić information content (AvgIpc) is 2.20. The van der Waals surface area contributed by atoms with Crippen molar-refractivity contribution in [2.75, 3.05) is 0 Å². The second-order valence-corrected chi connectivity index (χ2v) is 5.83. The Labute approximate surface area is 109 Å². The molecule has 0 saturated heterocycles. The molecule has 1 rings (SSSR count). The average molecular weight is 249 g/mol. The standard InChI is InChI=1S/C15H23NO2/c1-9-6-11(3)12(7-10(9)2)14(16)15(4,5)8-13(17)18/h6-7,14H,8,16H2,1-5H3,(H,17,18). The van der Waals surface area contributed by atoms with Gasteiger partial charge in [0.2, 0.25) is 0 Å². The highest BCUT2D eigenvalue weighted by molar-refractivity contribution is 5.67. The number of aryl methyl sites for hydroxylation is 3. The van der Waals surface area contributed by atoms with Gasteiger partial charge in [0.1, 0.15) is 0 Å². The lowest BCUT2D eigenvalue weighted by Gasteiger charge is -2.31. The number of nitrogens with two attached hydrogens (primary N) is 1. The third-order valence-corrected chi connectivity index (χ3v) is 3.67. The maximum atomic E-state index is 10.9. The van der Waals surface area contributed by atoms with Crippen molar-refractivity contribution in [3.63, 3.8) is 0 Å². The van der Waals surface area contributed by atoms with Crippen molar-refractivity contribution in [1.82, 2.24) is 0 Å². The molecule has 0 spiro atoms. The molecule has 18 heavy (non-hydrogen) atoms. The molecule has 100 valence electrons. The first kappa shape index (κ1) is 14.7. The van der Waals surface area contributed by atoms with Gasteiger partial charge in [0.15, 0.2) is 0 Å². The van der Waals surface area contributed by atoms with Crippen molar-refractivity contribution in [3.8, 4) is 0 Å². The van der Waals surface area contributed by atoms with Crippen LogP contribution in [0.1, 0.15) is 48.6 Å². The number of carbonyl (C=O) groups is 1. The number of hydrogen-bond donors (Lipinski definition) is 2. The number of benzene rings is 1. The van der Waals surface area contributed by atoms with Gasteiger partial charge in [-0.3, -0.25) is 4.79 Å². The molecule has 0 aromatic heterocycles. The first-order valence-corrected chi connectivity index (χ1v) is 6.20. The highest BCUT2D eigenvalue weighted by atomic mass is 16.4. The minimum absolute atomic E-state index is 0.0700. The van der Waals surface area contributed by atoms with Gasteiger partial charge in [-0.2, -0.15) is 0 Å². The van der Waals surface area contributed by atoms with Gasteiger partial charge in [-0.1, -0.05) is 26.0 Å². The Balaban J connectivity index is 3.14. The van der Waals surface area contributed by atoms with Crippen molar-refractivity contribution in [2.24, 2.45) is 11.1 Å². The van der Waals surface area contributed by atoms with E-state index in [1.54, 1.807) is 0 Å². The van der Waals surface area contributed by atoms with Crippen LogP contribution in [0.2, 0.25) is 0 Å². The van der Waals surface area contributed by atoms with E-state index in [2.05, 4.69) is 26.0 Å². The fourth-order valence-electron chi connectivity index (χ4n) is 2.24. The zero-order valence-corrected chi connectivity index (χ0v) is 11.9. The number of hydrogen-bond acceptors (Lipinski definition) is 2. The van der Waals surface area contributed by atoms with Crippen LogP contribution in [0, 0.1) is 26.2 Å². The molecule has 0 fully saturated rings. The van der Waals surface area contributed by atoms with Gasteiger partial charge in [0.05, 0.1) is 6.42 Å². The fourth-order valence-corrected chi connectivity index (χ4v) is 2.24. The van der Waals surface area contributed by atoms with Crippen LogP contribution in [0.4, 0.5) is 0 Å². The van der Waals surface area contributed by atoms with Gasteiger partial charge in [-0.25, -0.2) is 0 Å². The van der Waals surface area contributed by atoms with Gasteiger partial charge in [-0.15, -0.1) is 0 Å². The largest absolute Gasteiger partial charge is 0.481 e. The fraction of sp³-hybridized carbons (Fsp3) is 0.533. The summed E-state index contributed by atoms with van der Waals surface area (Å²) < 4.78 is 0. The van der Waals surface area contributed by atoms with Crippen molar-refractivity contribution < 1.29 is 9.90 Å². The number of carboxylic acids is 1. The van der Waals surface area contributed by atoms with E-state index < -0.39 is 11.4 Å². The number of rotatable bonds is 4. The van der Waals surface area contributed by atoms with Crippen LogP contribution >= 0.6 is 0 Å². The molecule has 0 aliphatic heterocycles. The highest BCUT2D eigenvalue weighted by Gasteiger charge is 2.31. The predicted molar refractivity (Wildman–Crippen MR) is 73.6 cm³/mol. The Morgan fingerprint density at radius 2 is 1.72 bits per heavy atom. The molecule has 0 radical (unpaired) electrons. The van der Waals surface area contributed by atoms with Crippen LogP contribution in [0.25, 0.3) is 0 Å². The zero-order chi connectivity index (χ0) is 14.1. The summed E-state index contributed by atoms with van der Waals surface area (Å²) >= 11 is 0. The van der Waals surface area contributed by atoms with Crippen LogP contribution in [0.5, 0.6) is 0 Å². The van der Waals surface area contributed by atoms with Crippen LogP contribution < -0.4 is 5.73 Å². The van der Waals surface area contributed by atoms with E-state index in [0.717, 1.165) is 11.1 Å². The minimum atomic E-state index is -0.808. The topological polar surface area (TPSA) is 63.3 Å². The second-order valence-electron chi connectivity index (χ2n) is 5.83. The smallest absolute Gasteiger partial charge is 0.303 e. The summed E-state index contributed by atoms with van der Waals surface area (Å²) in [5.74, 6) is -0.808. The van der Waals surface area contributed by atoms with E-state index in [1.807, 2.05) is 20.8 Å². The molecule has 1 aromatic carbocycles. The third kappa shape index (κ3) is 3.10. The summed E-state index contributed by atoms with van der Waals surface area (Å²) in [6, 6.07) is 3.92. The van der Waals surface area contributed by atoms with Crippen LogP contribution in [0.3, 0.4) is 0 Å². The van der Waals surface area contributed by atoms with E-state index >= 15 is 0 Å². The molecule has 1 atom stereocenters. The summed E-state index contributed by atoms with van der Waals surface area (Å²) in [5, 5.41) is 8.96. The van der Waals surface area contributed by atoms with E-state index in [1.165, 1.54) is 11.1 Å². The van der Waals surface area contributed by atoms with E-state index in [4.69, 9.17) is 10.8 Å². The zero-order valence-electron chi connectivity index (χ0n) is 11.9. The Bertz CT molecular complexity index is 464. The van der Waals surface area contributed by atoms with Crippen molar-refractivity contribution >= 4 is 5.97 Å². The number of carboxylic acid groups (broad SMARTS) is 1. The molecule has 0 heterocycles. The third-order valence-electron chi connectivity index (χ3n) is 3.67. The molecule has 1 aromatic rings. The van der Waals surface area contributed by atoms with Gasteiger partial charge in [0.25, 0.3) is 0 Å². The molecule has 0 bridgehead atoms. The van der Waals surface area contributed by atoms with Gasteiger partial charge in [0, 0.05) is 6.04 Å². The molecule has 0 amide bonds. The molecule has 3 nitrogen and oxygen atoms in total. The first-order chi connectivity index (χ1) is 8.15. The maximum Gasteiger partial charge on any atom is 0.303 e. The molecule has 0 aliphatic rings. The summed E-state index contributed by atoms with van der Waals surface area (Å²) in [5.41, 5.74) is 10.4. The van der Waals surface area contributed by atoms with Crippen LogP contribution in [0.15, 0.2) is 12.1 Å². The van der Waals surface area contributed by atoms with Gasteiger partial charge < -0.3 is 10.8 Å². The highest BCUT2D eigenvalue weighted by Crippen LogP contribution is 2.36. The summed E-state index contributed by atoms with van der Waals surface area (Å²) in [6.07, 6.45) is 0.0700. The normalized spacial score (nSPS) is 13.4. The molecule has 3 N–H and O–H groups in total. The summed E-state index contributed by atoms with van der Waals surface area (Å²) in [4.78, 5) is 10.9. The Kier molecular flexibility index (Phi) is 4.17. The van der Waals surface area contributed by atoms with Gasteiger partial charge >= 0.3 is 5.97 Å². The summed E-state index contributed by atoms with van der Waals surface area (Å²) in [7, 11) is 0. The molecule has 0 aliphatic carbocycles. The Hall–Kier alpha value is -1.35. The number of aliphatic carboxylic acids is 1. The lowest BCUT2D eigenvalue weighted by atomic mass is 9.76. The van der Waals surface area contributed by atoms with E-state index in [-0.39, 0.29) is 12.5 Å².